The summed E-state index contributed by atoms with van der Waals surface area (Å²) in [6.07, 6.45) is 4.37. The van der Waals surface area contributed by atoms with E-state index >= 15 is 0 Å². The van der Waals surface area contributed by atoms with Gasteiger partial charge >= 0.3 is 0 Å². The molecule has 2 heterocycles. The van der Waals surface area contributed by atoms with Crippen molar-refractivity contribution in [2.75, 3.05) is 26.6 Å². The van der Waals surface area contributed by atoms with E-state index in [-0.39, 0.29) is 5.91 Å². The molecule has 2 aromatic heterocycles. The maximum atomic E-state index is 13.2. The SMILES string of the molecule is COc1cc(NC(=O)c2c(-n3cnnn3)sc3c2CCC3)cc(OC)c1OC. The van der Waals surface area contributed by atoms with Crippen LogP contribution in [-0.4, -0.2) is 47.4 Å². The zero-order chi connectivity index (χ0) is 19.7. The summed E-state index contributed by atoms with van der Waals surface area (Å²) in [5, 5.41) is 15.0. The van der Waals surface area contributed by atoms with E-state index in [4.69, 9.17) is 14.2 Å². The summed E-state index contributed by atoms with van der Waals surface area (Å²) in [5.74, 6) is 1.18. The van der Waals surface area contributed by atoms with E-state index < -0.39 is 0 Å². The fourth-order valence-corrected chi connectivity index (χ4v) is 4.69. The molecule has 0 unspecified atom stereocenters. The molecule has 0 saturated carbocycles. The van der Waals surface area contributed by atoms with Crippen molar-refractivity contribution in [3.63, 3.8) is 0 Å². The van der Waals surface area contributed by atoms with Gasteiger partial charge in [0.05, 0.1) is 26.9 Å². The Balaban J connectivity index is 1.72. The van der Waals surface area contributed by atoms with Gasteiger partial charge in [0.15, 0.2) is 11.5 Å². The van der Waals surface area contributed by atoms with E-state index in [0.717, 1.165) is 29.8 Å². The van der Waals surface area contributed by atoms with E-state index in [1.807, 2.05) is 0 Å². The minimum Gasteiger partial charge on any atom is -0.493 e. The van der Waals surface area contributed by atoms with Crippen LogP contribution >= 0.6 is 11.3 Å². The van der Waals surface area contributed by atoms with Gasteiger partial charge in [0.25, 0.3) is 5.91 Å². The summed E-state index contributed by atoms with van der Waals surface area (Å²) in [5.41, 5.74) is 2.22. The maximum absolute atomic E-state index is 13.2. The molecule has 9 nitrogen and oxygen atoms in total. The molecule has 1 amide bonds. The number of rotatable bonds is 6. The molecular formula is C18H19N5O4S. The number of amides is 1. The molecule has 1 aliphatic carbocycles. The molecule has 146 valence electrons. The largest absolute Gasteiger partial charge is 0.493 e. The van der Waals surface area contributed by atoms with Gasteiger partial charge in [-0.1, -0.05) is 0 Å². The second-order valence-electron chi connectivity index (χ2n) is 6.16. The van der Waals surface area contributed by atoms with Crippen molar-refractivity contribution in [1.82, 2.24) is 20.2 Å². The number of carbonyl (C=O) groups excluding carboxylic acids is 1. The third-order valence-electron chi connectivity index (χ3n) is 4.61. The number of anilines is 1. The monoisotopic (exact) mass is 401 g/mol. The van der Waals surface area contributed by atoms with Crippen molar-refractivity contribution >= 4 is 22.9 Å². The van der Waals surface area contributed by atoms with Crippen LogP contribution in [-0.2, 0) is 12.8 Å². The highest BCUT2D eigenvalue weighted by Gasteiger charge is 2.28. The van der Waals surface area contributed by atoms with Gasteiger partial charge in [0.2, 0.25) is 5.75 Å². The summed E-state index contributed by atoms with van der Waals surface area (Å²) in [6, 6.07) is 3.39. The number of tetrazole rings is 1. The van der Waals surface area contributed by atoms with Crippen LogP contribution in [0.1, 0.15) is 27.2 Å². The Morgan fingerprint density at radius 1 is 1.14 bits per heavy atom. The number of thiophene rings is 1. The van der Waals surface area contributed by atoms with Crippen LogP contribution in [0.2, 0.25) is 0 Å². The van der Waals surface area contributed by atoms with Gasteiger partial charge < -0.3 is 19.5 Å². The van der Waals surface area contributed by atoms with E-state index in [2.05, 4.69) is 20.8 Å². The summed E-state index contributed by atoms with van der Waals surface area (Å²) >= 11 is 1.56. The summed E-state index contributed by atoms with van der Waals surface area (Å²) in [6.45, 7) is 0. The molecule has 3 aromatic rings. The molecule has 1 N–H and O–H groups in total. The molecule has 1 aromatic carbocycles. The molecule has 0 atom stereocenters. The highest BCUT2D eigenvalue weighted by atomic mass is 32.1. The van der Waals surface area contributed by atoms with Crippen molar-refractivity contribution in [2.45, 2.75) is 19.3 Å². The fourth-order valence-electron chi connectivity index (χ4n) is 3.39. The lowest BCUT2D eigenvalue weighted by Crippen LogP contribution is -2.16. The Labute approximate surface area is 165 Å². The Morgan fingerprint density at radius 2 is 1.89 bits per heavy atom. The lowest BCUT2D eigenvalue weighted by molar-refractivity contribution is 0.102. The predicted molar refractivity (Wildman–Crippen MR) is 103 cm³/mol. The standard InChI is InChI=1S/C18H19N5O4S/c1-25-12-7-10(8-13(26-2)16(12)27-3)20-17(24)15-11-5-4-6-14(11)28-18(15)23-9-19-21-22-23/h7-9H,4-6H2,1-3H3,(H,20,24). The van der Waals surface area contributed by atoms with E-state index in [1.165, 1.54) is 37.2 Å². The second kappa shape index (κ2) is 7.47. The topological polar surface area (TPSA) is 100 Å². The molecule has 28 heavy (non-hydrogen) atoms. The van der Waals surface area contributed by atoms with Gasteiger partial charge in [-0.05, 0) is 35.3 Å². The van der Waals surface area contributed by atoms with E-state index in [9.17, 15) is 4.79 Å². The minimum atomic E-state index is -0.223. The average Bonchev–Trinajstić information content (AvgIpc) is 3.43. The van der Waals surface area contributed by atoms with Gasteiger partial charge in [-0.3, -0.25) is 4.79 Å². The van der Waals surface area contributed by atoms with E-state index in [1.54, 1.807) is 23.5 Å². The summed E-state index contributed by atoms with van der Waals surface area (Å²) in [4.78, 5) is 14.4. The average molecular weight is 401 g/mol. The van der Waals surface area contributed by atoms with Crippen LogP contribution in [0.15, 0.2) is 18.5 Å². The maximum Gasteiger partial charge on any atom is 0.259 e. The number of fused-ring (bicyclic) bond motifs is 1. The van der Waals surface area contributed by atoms with Gasteiger partial charge in [0.1, 0.15) is 11.3 Å². The summed E-state index contributed by atoms with van der Waals surface area (Å²) in [7, 11) is 4.60. The van der Waals surface area contributed by atoms with Crippen molar-refractivity contribution in [3.05, 3.63) is 34.5 Å². The van der Waals surface area contributed by atoms with Crippen LogP contribution in [0.4, 0.5) is 5.69 Å². The highest BCUT2D eigenvalue weighted by molar-refractivity contribution is 7.15. The number of nitrogens with one attached hydrogen (secondary N) is 1. The van der Waals surface area contributed by atoms with Crippen LogP contribution in [0, 0.1) is 0 Å². The van der Waals surface area contributed by atoms with Gasteiger partial charge in [-0.15, -0.1) is 16.4 Å². The van der Waals surface area contributed by atoms with E-state index in [0.29, 0.717) is 28.5 Å². The molecular weight excluding hydrogens is 382 g/mol. The first-order valence-electron chi connectivity index (χ1n) is 8.65. The minimum absolute atomic E-state index is 0.223. The zero-order valence-corrected chi connectivity index (χ0v) is 16.5. The molecule has 0 fully saturated rings. The number of nitrogens with zero attached hydrogens (tertiary/aromatic N) is 4. The number of methoxy groups -OCH3 is 3. The number of aromatic nitrogens is 4. The van der Waals surface area contributed by atoms with Gasteiger partial charge in [-0.2, -0.15) is 4.68 Å². The molecule has 0 saturated heterocycles. The number of aryl methyl sites for hydroxylation is 1. The first kappa shape index (κ1) is 18.2. The first-order valence-corrected chi connectivity index (χ1v) is 9.47. The number of carbonyl (C=O) groups is 1. The number of benzene rings is 1. The molecule has 4 rings (SSSR count). The van der Waals surface area contributed by atoms with Crippen LogP contribution < -0.4 is 19.5 Å². The van der Waals surface area contributed by atoms with Crippen molar-refractivity contribution in [2.24, 2.45) is 0 Å². The van der Waals surface area contributed by atoms with Crippen molar-refractivity contribution in [1.29, 1.82) is 0 Å². The van der Waals surface area contributed by atoms with Crippen LogP contribution in [0.3, 0.4) is 0 Å². The molecule has 0 spiro atoms. The van der Waals surface area contributed by atoms with Gasteiger partial charge in [0, 0.05) is 22.7 Å². The second-order valence-corrected chi connectivity index (χ2v) is 7.24. The van der Waals surface area contributed by atoms with Crippen LogP contribution in [0.25, 0.3) is 5.00 Å². The number of hydrogen-bond acceptors (Lipinski definition) is 8. The lowest BCUT2D eigenvalue weighted by Gasteiger charge is -2.15. The molecule has 10 heteroatoms. The lowest BCUT2D eigenvalue weighted by atomic mass is 10.1. The van der Waals surface area contributed by atoms with Crippen molar-refractivity contribution in [3.8, 4) is 22.2 Å². The summed E-state index contributed by atoms with van der Waals surface area (Å²) < 4.78 is 17.6. The van der Waals surface area contributed by atoms with Gasteiger partial charge in [-0.25, -0.2) is 0 Å². The first-order chi connectivity index (χ1) is 13.7. The number of ether oxygens (including phenoxy) is 3. The molecule has 0 aliphatic heterocycles. The fraction of sp³-hybridized carbons (Fsp3) is 0.333. The third-order valence-corrected chi connectivity index (χ3v) is 5.89. The smallest absolute Gasteiger partial charge is 0.259 e. The molecule has 0 bridgehead atoms. The Hall–Kier alpha value is -3.14. The third kappa shape index (κ3) is 3.05. The molecule has 0 radical (unpaired) electrons. The predicted octanol–water partition coefficient (Wildman–Crippen LogP) is 2.49. The molecule has 1 aliphatic rings. The van der Waals surface area contributed by atoms with Crippen LogP contribution in [0.5, 0.6) is 17.2 Å². The normalized spacial score (nSPS) is 12.5. The Bertz CT molecular complexity index is 990. The Kier molecular flexibility index (Phi) is 4.86. The van der Waals surface area contributed by atoms with Crippen molar-refractivity contribution < 1.29 is 19.0 Å². The zero-order valence-electron chi connectivity index (χ0n) is 15.7. The number of hydrogen-bond donors (Lipinski definition) is 1. The Morgan fingerprint density at radius 3 is 2.50 bits per heavy atom. The highest BCUT2D eigenvalue weighted by Crippen LogP contribution is 2.41. The quantitative estimate of drug-likeness (QED) is 0.677.